The van der Waals surface area contributed by atoms with Crippen LogP contribution >= 0.6 is 0 Å². The number of nitrogens with one attached hydrogen (secondary N) is 1. The van der Waals surface area contributed by atoms with Gasteiger partial charge < -0.3 is 10.1 Å². The summed E-state index contributed by atoms with van der Waals surface area (Å²) in [7, 11) is 0. The van der Waals surface area contributed by atoms with E-state index in [2.05, 4.69) is 29.6 Å². The first-order valence-corrected chi connectivity index (χ1v) is 9.28. The number of carbonyl (C=O) groups is 1. The van der Waals surface area contributed by atoms with E-state index in [-0.39, 0.29) is 18.6 Å². The Hall–Kier alpha value is -2.29. The van der Waals surface area contributed by atoms with Gasteiger partial charge in [0.25, 0.3) is 5.91 Å². The van der Waals surface area contributed by atoms with Crippen molar-refractivity contribution in [2.75, 3.05) is 6.61 Å². The number of hydrogen-bond donors (Lipinski definition) is 1. The minimum atomic E-state index is -0.0571. The van der Waals surface area contributed by atoms with E-state index in [4.69, 9.17) is 4.74 Å². The van der Waals surface area contributed by atoms with Gasteiger partial charge in [-0.3, -0.25) is 4.79 Å². The molecule has 0 bridgehead atoms. The van der Waals surface area contributed by atoms with Crippen LogP contribution < -0.4 is 10.1 Å². The van der Waals surface area contributed by atoms with Gasteiger partial charge >= 0.3 is 0 Å². The highest BCUT2D eigenvalue weighted by Gasteiger charge is 2.12. The lowest BCUT2D eigenvalue weighted by molar-refractivity contribution is -0.123. The van der Waals surface area contributed by atoms with E-state index < -0.39 is 0 Å². The van der Waals surface area contributed by atoms with Gasteiger partial charge in [0.15, 0.2) is 6.61 Å². The van der Waals surface area contributed by atoms with E-state index in [1.165, 1.54) is 29.5 Å². The lowest BCUT2D eigenvalue weighted by Crippen LogP contribution is -2.36. The Labute approximate surface area is 150 Å². The number of aryl methyl sites for hydroxylation is 3. The highest BCUT2D eigenvalue weighted by Crippen LogP contribution is 2.25. The zero-order valence-electron chi connectivity index (χ0n) is 15.0. The second-order valence-corrected chi connectivity index (χ2v) is 6.92. The van der Waals surface area contributed by atoms with Crippen LogP contribution in [0.25, 0.3) is 0 Å². The number of amides is 1. The molecule has 2 aromatic rings. The number of fused-ring (bicyclic) bond motifs is 1. The van der Waals surface area contributed by atoms with Crippen molar-refractivity contribution in [3.05, 3.63) is 65.2 Å². The molecule has 0 spiro atoms. The van der Waals surface area contributed by atoms with Crippen LogP contribution in [0.15, 0.2) is 48.5 Å². The van der Waals surface area contributed by atoms with Crippen LogP contribution in [0.1, 0.15) is 42.9 Å². The van der Waals surface area contributed by atoms with E-state index in [9.17, 15) is 4.79 Å². The first-order chi connectivity index (χ1) is 12.2. The maximum atomic E-state index is 12.1. The first-order valence-electron chi connectivity index (χ1n) is 9.28. The molecule has 0 heterocycles. The van der Waals surface area contributed by atoms with Crippen molar-refractivity contribution < 1.29 is 9.53 Å². The lowest BCUT2D eigenvalue weighted by atomic mass is 9.92. The largest absolute Gasteiger partial charge is 0.484 e. The van der Waals surface area contributed by atoms with E-state index in [1.807, 2.05) is 31.2 Å². The maximum Gasteiger partial charge on any atom is 0.258 e. The average molecular weight is 337 g/mol. The molecule has 0 radical (unpaired) electrons. The molecule has 3 heteroatoms. The van der Waals surface area contributed by atoms with Crippen LogP contribution in [0, 0.1) is 0 Å². The molecule has 0 saturated heterocycles. The Balaban J connectivity index is 1.41. The fourth-order valence-corrected chi connectivity index (χ4v) is 3.36. The van der Waals surface area contributed by atoms with Gasteiger partial charge in [0.1, 0.15) is 5.75 Å². The van der Waals surface area contributed by atoms with Crippen LogP contribution in [-0.4, -0.2) is 18.6 Å². The molecule has 3 nitrogen and oxygen atoms in total. The van der Waals surface area contributed by atoms with Crippen molar-refractivity contribution in [1.29, 1.82) is 0 Å². The Morgan fingerprint density at radius 3 is 2.64 bits per heavy atom. The predicted molar refractivity (Wildman–Crippen MR) is 101 cm³/mol. The Kier molecular flexibility index (Phi) is 6.10. The molecule has 1 aliphatic carbocycles. The molecule has 0 aliphatic heterocycles. The minimum absolute atomic E-state index is 0.0571. The third kappa shape index (κ3) is 5.35. The number of rotatable bonds is 7. The quantitative estimate of drug-likeness (QED) is 0.827. The van der Waals surface area contributed by atoms with Gasteiger partial charge in [-0.15, -0.1) is 0 Å². The molecule has 0 saturated carbocycles. The molecular formula is C22H27NO2. The zero-order chi connectivity index (χ0) is 17.5. The zero-order valence-corrected chi connectivity index (χ0v) is 15.0. The van der Waals surface area contributed by atoms with Gasteiger partial charge in [-0.1, -0.05) is 36.4 Å². The number of benzene rings is 2. The first kappa shape index (κ1) is 17.5. The van der Waals surface area contributed by atoms with Gasteiger partial charge in [0.05, 0.1) is 0 Å². The Bertz CT molecular complexity index is 696. The third-order valence-electron chi connectivity index (χ3n) is 4.81. The number of hydrogen-bond acceptors (Lipinski definition) is 2. The van der Waals surface area contributed by atoms with E-state index >= 15 is 0 Å². The smallest absolute Gasteiger partial charge is 0.258 e. The fraction of sp³-hybridized carbons (Fsp3) is 0.409. The molecule has 0 aromatic heterocycles. The molecule has 1 aliphatic rings. The van der Waals surface area contributed by atoms with Gasteiger partial charge in [-0.2, -0.15) is 0 Å². The average Bonchev–Trinajstić information content (AvgIpc) is 2.65. The minimum Gasteiger partial charge on any atom is -0.484 e. The molecule has 25 heavy (non-hydrogen) atoms. The van der Waals surface area contributed by atoms with Gasteiger partial charge in [-0.05, 0) is 74.3 Å². The summed E-state index contributed by atoms with van der Waals surface area (Å²) in [6.45, 7) is 2.12. The predicted octanol–water partition coefficient (Wildman–Crippen LogP) is 4.08. The maximum absolute atomic E-state index is 12.1. The summed E-state index contributed by atoms with van der Waals surface area (Å²) in [5.74, 6) is 0.742. The van der Waals surface area contributed by atoms with Crippen molar-refractivity contribution in [2.45, 2.75) is 51.5 Å². The summed E-state index contributed by atoms with van der Waals surface area (Å²) in [6.07, 6.45) is 6.69. The molecule has 132 valence electrons. The molecular weight excluding hydrogens is 310 g/mol. The second kappa shape index (κ2) is 8.70. The van der Waals surface area contributed by atoms with Crippen LogP contribution in [0.5, 0.6) is 5.75 Å². The normalized spacial score (nSPS) is 14.4. The molecule has 3 rings (SSSR count). The van der Waals surface area contributed by atoms with E-state index in [0.29, 0.717) is 0 Å². The van der Waals surface area contributed by atoms with E-state index in [1.54, 1.807) is 0 Å². The molecule has 1 atom stereocenters. The number of ether oxygens (including phenoxy) is 1. The molecule has 0 fully saturated rings. The monoisotopic (exact) mass is 337 g/mol. The summed E-state index contributed by atoms with van der Waals surface area (Å²) in [5.41, 5.74) is 4.10. The topological polar surface area (TPSA) is 38.3 Å². The molecule has 1 N–H and O–H groups in total. The van der Waals surface area contributed by atoms with Crippen LogP contribution in [0.3, 0.4) is 0 Å². The van der Waals surface area contributed by atoms with Crippen LogP contribution in [0.2, 0.25) is 0 Å². The molecule has 1 amide bonds. The van der Waals surface area contributed by atoms with Crippen molar-refractivity contribution >= 4 is 5.91 Å². The summed E-state index contributed by atoms with van der Waals surface area (Å²) >= 11 is 0. The van der Waals surface area contributed by atoms with Crippen molar-refractivity contribution in [1.82, 2.24) is 5.32 Å². The van der Waals surface area contributed by atoms with Gasteiger partial charge in [-0.25, -0.2) is 0 Å². The standard InChI is InChI=1S/C22H27NO2/c1-17(11-12-18-7-3-2-4-8-18)23-22(24)16-25-21-14-13-19-9-5-6-10-20(19)15-21/h2-4,7-8,13-15,17H,5-6,9-12,16H2,1H3,(H,23,24)/t17-/m0/s1. The third-order valence-corrected chi connectivity index (χ3v) is 4.81. The summed E-state index contributed by atoms with van der Waals surface area (Å²) < 4.78 is 5.69. The van der Waals surface area contributed by atoms with Gasteiger partial charge in [0.2, 0.25) is 0 Å². The summed E-state index contributed by atoms with van der Waals surface area (Å²) in [6, 6.07) is 16.7. The molecule has 2 aromatic carbocycles. The number of carbonyl (C=O) groups excluding carboxylic acids is 1. The summed E-state index contributed by atoms with van der Waals surface area (Å²) in [5, 5.41) is 3.02. The Morgan fingerprint density at radius 1 is 1.08 bits per heavy atom. The SMILES string of the molecule is C[C@@H](CCc1ccccc1)NC(=O)COc1ccc2c(c1)CCCC2. The summed E-state index contributed by atoms with van der Waals surface area (Å²) in [4.78, 5) is 12.1. The van der Waals surface area contributed by atoms with E-state index in [0.717, 1.165) is 31.4 Å². The second-order valence-electron chi connectivity index (χ2n) is 6.92. The highest BCUT2D eigenvalue weighted by atomic mass is 16.5. The van der Waals surface area contributed by atoms with Crippen molar-refractivity contribution in [3.63, 3.8) is 0 Å². The fourth-order valence-electron chi connectivity index (χ4n) is 3.36. The van der Waals surface area contributed by atoms with Crippen LogP contribution in [-0.2, 0) is 24.1 Å². The van der Waals surface area contributed by atoms with Crippen molar-refractivity contribution in [3.8, 4) is 5.75 Å². The Morgan fingerprint density at radius 2 is 1.84 bits per heavy atom. The highest BCUT2D eigenvalue weighted by molar-refractivity contribution is 5.77. The molecule has 0 unspecified atom stereocenters. The van der Waals surface area contributed by atoms with Gasteiger partial charge in [0, 0.05) is 6.04 Å². The van der Waals surface area contributed by atoms with Crippen LogP contribution in [0.4, 0.5) is 0 Å². The lowest BCUT2D eigenvalue weighted by Gasteiger charge is -2.17. The van der Waals surface area contributed by atoms with Crippen molar-refractivity contribution in [2.24, 2.45) is 0 Å².